The third-order valence-electron chi connectivity index (χ3n) is 2.76. The van der Waals surface area contributed by atoms with Crippen molar-refractivity contribution in [1.82, 2.24) is 0 Å². The third kappa shape index (κ3) is 1.07. The van der Waals surface area contributed by atoms with Gasteiger partial charge in [-0.25, -0.2) is 0 Å². The molecule has 0 aromatic rings. The maximum absolute atomic E-state index is 10.9. The summed E-state index contributed by atoms with van der Waals surface area (Å²) < 4.78 is 0. The van der Waals surface area contributed by atoms with E-state index < -0.39 is 16.1 Å². The molecule has 1 rings (SSSR count). The van der Waals surface area contributed by atoms with E-state index in [9.17, 15) is 10.1 Å². The van der Waals surface area contributed by atoms with Crippen LogP contribution in [0.1, 0.15) is 20.3 Å². The Morgan fingerprint density at radius 2 is 2.27 bits per heavy atom. The molecule has 1 heterocycles. The van der Waals surface area contributed by atoms with Gasteiger partial charge in [0.2, 0.25) is 0 Å². The van der Waals surface area contributed by atoms with Crippen molar-refractivity contribution < 1.29 is 9.76 Å². The zero-order chi connectivity index (χ0) is 11.7. The number of nitrogens with zero attached hydrogens (tertiary/aromatic N) is 4. The van der Waals surface area contributed by atoms with Crippen molar-refractivity contribution in [3.8, 4) is 12.1 Å². The second kappa shape index (κ2) is 3.21. The number of nitro groups is 1. The van der Waals surface area contributed by atoms with Crippen LogP contribution in [0.2, 0.25) is 0 Å². The summed E-state index contributed by atoms with van der Waals surface area (Å²) in [7, 11) is 0. The Labute approximate surface area is 85.7 Å². The smallest absolute Gasteiger partial charge is 0.303 e. The Morgan fingerprint density at radius 3 is 2.60 bits per heavy atom. The fourth-order valence-electron chi connectivity index (χ4n) is 1.44. The maximum atomic E-state index is 10.9. The Kier molecular flexibility index (Phi) is 2.34. The lowest BCUT2D eigenvalue weighted by Gasteiger charge is -2.25. The molecule has 7 nitrogen and oxygen atoms in total. The number of nitriles is 2. The molecule has 1 aliphatic heterocycles. The lowest BCUT2D eigenvalue weighted by molar-refractivity contribution is -0.623. The summed E-state index contributed by atoms with van der Waals surface area (Å²) in [6.07, 6.45) is 0.216. The number of oxime groups is 1. The van der Waals surface area contributed by atoms with E-state index in [-0.39, 0.29) is 12.1 Å². The molecule has 0 aromatic heterocycles. The summed E-state index contributed by atoms with van der Waals surface area (Å²) in [4.78, 5) is 14.6. The van der Waals surface area contributed by atoms with E-state index in [2.05, 4.69) is 9.99 Å². The van der Waals surface area contributed by atoms with Crippen molar-refractivity contribution in [1.29, 1.82) is 10.5 Å². The highest BCUT2D eigenvalue weighted by Crippen LogP contribution is 2.43. The number of rotatable bonds is 2. The third-order valence-corrected chi connectivity index (χ3v) is 2.76. The molecule has 0 unspecified atom stereocenters. The van der Waals surface area contributed by atoms with Gasteiger partial charge in [-0.2, -0.15) is 10.5 Å². The summed E-state index contributed by atoms with van der Waals surface area (Å²) in [5, 5.41) is 31.8. The predicted molar refractivity (Wildman–Crippen MR) is 47.9 cm³/mol. The maximum Gasteiger partial charge on any atom is 0.481 e. The van der Waals surface area contributed by atoms with E-state index >= 15 is 0 Å². The van der Waals surface area contributed by atoms with Gasteiger partial charge in [-0.3, -0.25) is 10.1 Å². The van der Waals surface area contributed by atoms with Crippen molar-refractivity contribution in [3.05, 3.63) is 10.1 Å². The van der Waals surface area contributed by atoms with Crippen molar-refractivity contribution in [2.45, 2.75) is 26.0 Å². The number of hydrogen-bond acceptors (Lipinski definition) is 6. The Hall–Kier alpha value is -2.15. The van der Waals surface area contributed by atoms with Gasteiger partial charge in [0, 0.05) is 0 Å². The second-order valence-electron chi connectivity index (χ2n) is 3.34. The number of hydrogen-bond donors (Lipinski definition) is 0. The molecule has 0 saturated carbocycles. The summed E-state index contributed by atoms with van der Waals surface area (Å²) in [5.74, 6) is 0. The summed E-state index contributed by atoms with van der Waals surface area (Å²) in [6, 6.07) is 3.21. The first-order chi connectivity index (χ1) is 6.98. The summed E-state index contributed by atoms with van der Waals surface area (Å²) in [6.45, 7) is 3.06. The van der Waals surface area contributed by atoms with Gasteiger partial charge in [-0.1, -0.05) is 12.1 Å². The van der Waals surface area contributed by atoms with Crippen LogP contribution in [0, 0.1) is 38.2 Å². The Balaban J connectivity index is 3.36. The quantitative estimate of drug-likeness (QED) is 0.492. The molecule has 7 heteroatoms. The second-order valence-corrected chi connectivity index (χ2v) is 3.34. The fourth-order valence-corrected chi connectivity index (χ4v) is 1.44. The van der Waals surface area contributed by atoms with Crippen LogP contribution < -0.4 is 0 Å². The minimum atomic E-state index is -2.28. The van der Waals surface area contributed by atoms with Crippen LogP contribution in [0.15, 0.2) is 5.16 Å². The van der Waals surface area contributed by atoms with Crippen LogP contribution in [-0.4, -0.2) is 16.4 Å². The average molecular weight is 208 g/mol. The van der Waals surface area contributed by atoms with Crippen LogP contribution in [-0.2, 0) is 4.84 Å². The fraction of sp³-hybridized carbons (Fsp3) is 0.625. The normalized spacial score (nSPS) is 33.5. The van der Waals surface area contributed by atoms with E-state index in [1.807, 2.05) is 0 Å². The largest absolute Gasteiger partial charge is 0.481 e. The molecule has 1 aliphatic rings. The van der Waals surface area contributed by atoms with Gasteiger partial charge < -0.3 is 4.84 Å². The highest BCUT2D eigenvalue weighted by molar-refractivity contribution is 6.04. The van der Waals surface area contributed by atoms with Gasteiger partial charge in [0.05, 0.1) is 4.92 Å². The van der Waals surface area contributed by atoms with Gasteiger partial charge >= 0.3 is 5.72 Å². The molecule has 0 saturated heterocycles. The van der Waals surface area contributed by atoms with Crippen LogP contribution in [0.25, 0.3) is 0 Å². The van der Waals surface area contributed by atoms with Crippen LogP contribution in [0.5, 0.6) is 0 Å². The van der Waals surface area contributed by atoms with Crippen molar-refractivity contribution >= 4 is 5.71 Å². The van der Waals surface area contributed by atoms with E-state index in [1.165, 1.54) is 13.0 Å². The lowest BCUT2D eigenvalue weighted by Crippen LogP contribution is -2.52. The molecule has 78 valence electrons. The minimum absolute atomic E-state index is 0.122. The van der Waals surface area contributed by atoms with E-state index in [4.69, 9.17) is 10.5 Å². The first-order valence-corrected chi connectivity index (χ1v) is 4.21. The van der Waals surface area contributed by atoms with Crippen molar-refractivity contribution in [2.24, 2.45) is 10.6 Å². The molecule has 15 heavy (non-hydrogen) atoms. The standard InChI is InChI=1S/C8H8N4O3/c1-3-7(2)6(4-9)11-15-8(7,5-10)12(13)14/h3H2,1-2H3/t7-,8+/m0/s1. The first kappa shape index (κ1) is 10.9. The molecule has 0 radical (unpaired) electrons. The van der Waals surface area contributed by atoms with Crippen molar-refractivity contribution in [2.75, 3.05) is 0 Å². The zero-order valence-corrected chi connectivity index (χ0v) is 8.22. The van der Waals surface area contributed by atoms with Crippen LogP contribution >= 0.6 is 0 Å². The first-order valence-electron chi connectivity index (χ1n) is 4.21. The topological polar surface area (TPSA) is 112 Å². The zero-order valence-electron chi connectivity index (χ0n) is 8.22. The van der Waals surface area contributed by atoms with Gasteiger partial charge in [0.15, 0.2) is 11.8 Å². The molecule has 0 bridgehead atoms. The van der Waals surface area contributed by atoms with Gasteiger partial charge in [0.25, 0.3) is 0 Å². The molecule has 0 amide bonds. The van der Waals surface area contributed by atoms with Gasteiger partial charge in [-0.15, -0.1) is 0 Å². The van der Waals surface area contributed by atoms with Gasteiger partial charge in [0.1, 0.15) is 11.5 Å². The minimum Gasteiger partial charge on any atom is -0.303 e. The molecular formula is C8H8N4O3. The van der Waals surface area contributed by atoms with Crippen LogP contribution in [0.4, 0.5) is 0 Å². The molecular weight excluding hydrogens is 200 g/mol. The SMILES string of the molecule is CC[C@@]1(C)C(C#N)=NO[C@@]1(C#N)[N+](=O)[O-]. The highest BCUT2D eigenvalue weighted by Gasteiger charge is 2.69. The molecule has 0 N–H and O–H groups in total. The summed E-state index contributed by atoms with van der Waals surface area (Å²) in [5.41, 5.74) is -3.71. The predicted octanol–water partition coefficient (Wildman–Crippen LogP) is 0.809. The van der Waals surface area contributed by atoms with Crippen LogP contribution in [0.3, 0.4) is 0 Å². The lowest BCUT2D eigenvalue weighted by atomic mass is 9.74. The van der Waals surface area contributed by atoms with Crippen molar-refractivity contribution in [3.63, 3.8) is 0 Å². The monoisotopic (exact) mass is 208 g/mol. The van der Waals surface area contributed by atoms with E-state index in [0.717, 1.165) is 0 Å². The summed E-state index contributed by atoms with van der Waals surface area (Å²) >= 11 is 0. The Bertz CT molecular complexity index is 419. The Morgan fingerprint density at radius 1 is 1.67 bits per heavy atom. The highest BCUT2D eigenvalue weighted by atomic mass is 16.7. The molecule has 0 fully saturated rings. The van der Waals surface area contributed by atoms with E-state index in [1.54, 1.807) is 13.0 Å². The molecule has 0 spiro atoms. The molecule has 2 atom stereocenters. The average Bonchev–Trinajstić information content (AvgIpc) is 2.52. The van der Waals surface area contributed by atoms with Gasteiger partial charge in [-0.05, 0) is 13.3 Å². The molecule has 0 aromatic carbocycles. The van der Waals surface area contributed by atoms with E-state index in [0.29, 0.717) is 0 Å². The molecule has 0 aliphatic carbocycles.